The third kappa shape index (κ3) is 2.00. The second-order valence-corrected chi connectivity index (χ2v) is 4.03. The van der Waals surface area contributed by atoms with E-state index in [1.165, 1.54) is 11.3 Å². The number of thiazole rings is 1. The summed E-state index contributed by atoms with van der Waals surface area (Å²) in [6.45, 7) is -0.00868. The molecule has 4 heteroatoms. The van der Waals surface area contributed by atoms with E-state index in [2.05, 4.69) is 4.98 Å². The van der Waals surface area contributed by atoms with Crippen LogP contribution in [0.4, 0.5) is 0 Å². The fraction of sp³-hybridized carbons (Fsp3) is 0.182. The van der Waals surface area contributed by atoms with Crippen molar-refractivity contribution in [1.29, 1.82) is 0 Å². The molecule has 0 aliphatic heterocycles. The van der Waals surface area contributed by atoms with Crippen LogP contribution in [0, 0.1) is 0 Å². The number of methoxy groups -OCH3 is 1. The van der Waals surface area contributed by atoms with Crippen molar-refractivity contribution < 1.29 is 9.84 Å². The van der Waals surface area contributed by atoms with Gasteiger partial charge in [-0.2, -0.15) is 0 Å². The maximum atomic E-state index is 9.20. The molecule has 2 aromatic rings. The van der Waals surface area contributed by atoms with Gasteiger partial charge in [0.25, 0.3) is 5.19 Å². The summed E-state index contributed by atoms with van der Waals surface area (Å²) in [6, 6.07) is 9.78. The first-order valence-electron chi connectivity index (χ1n) is 4.55. The zero-order valence-corrected chi connectivity index (χ0v) is 9.12. The molecule has 0 saturated heterocycles. The number of hydrogen-bond acceptors (Lipinski definition) is 4. The van der Waals surface area contributed by atoms with Crippen molar-refractivity contribution in [3.05, 3.63) is 35.2 Å². The van der Waals surface area contributed by atoms with Crippen molar-refractivity contribution in [2.75, 3.05) is 7.11 Å². The first-order valence-corrected chi connectivity index (χ1v) is 5.36. The predicted molar refractivity (Wildman–Crippen MR) is 60.0 cm³/mol. The largest absolute Gasteiger partial charge is 0.473 e. The van der Waals surface area contributed by atoms with Gasteiger partial charge in [0.2, 0.25) is 0 Å². The number of nitrogens with zero attached hydrogens (tertiary/aromatic N) is 1. The minimum Gasteiger partial charge on any atom is -0.473 e. The van der Waals surface area contributed by atoms with Crippen LogP contribution < -0.4 is 4.74 Å². The molecule has 1 aromatic carbocycles. The number of benzene rings is 1. The lowest BCUT2D eigenvalue weighted by atomic mass is 10.1. The molecule has 78 valence electrons. The molecule has 0 spiro atoms. The highest BCUT2D eigenvalue weighted by atomic mass is 32.1. The molecule has 1 heterocycles. The van der Waals surface area contributed by atoms with Crippen molar-refractivity contribution in [2.24, 2.45) is 0 Å². The fourth-order valence-electron chi connectivity index (χ4n) is 1.35. The Morgan fingerprint density at radius 2 is 2.07 bits per heavy atom. The van der Waals surface area contributed by atoms with Crippen LogP contribution in [0.5, 0.6) is 5.19 Å². The van der Waals surface area contributed by atoms with Crippen molar-refractivity contribution in [3.63, 3.8) is 0 Å². The molecule has 1 N–H and O–H groups in total. The standard InChI is InChI=1S/C11H11NO2S/c1-14-11-12-10(9(7-13)15-11)8-5-3-2-4-6-8/h2-6,13H,7H2,1H3. The molecule has 0 unspecified atom stereocenters. The van der Waals surface area contributed by atoms with Gasteiger partial charge in [-0.15, -0.1) is 0 Å². The summed E-state index contributed by atoms with van der Waals surface area (Å²) in [4.78, 5) is 5.14. The van der Waals surface area contributed by atoms with E-state index in [-0.39, 0.29) is 6.61 Å². The molecule has 0 aliphatic carbocycles. The van der Waals surface area contributed by atoms with Crippen LogP contribution in [-0.2, 0) is 6.61 Å². The number of rotatable bonds is 3. The molecule has 0 aliphatic rings. The van der Waals surface area contributed by atoms with Crippen molar-refractivity contribution >= 4 is 11.3 Å². The molecule has 3 nitrogen and oxygen atoms in total. The summed E-state index contributed by atoms with van der Waals surface area (Å²) in [6.07, 6.45) is 0. The lowest BCUT2D eigenvalue weighted by molar-refractivity contribution is 0.286. The number of aromatic nitrogens is 1. The van der Waals surface area contributed by atoms with E-state index < -0.39 is 0 Å². The average Bonchev–Trinajstić information content (AvgIpc) is 2.73. The van der Waals surface area contributed by atoms with Gasteiger partial charge in [0.05, 0.1) is 24.3 Å². The van der Waals surface area contributed by atoms with Gasteiger partial charge in [-0.05, 0) is 0 Å². The van der Waals surface area contributed by atoms with Crippen LogP contribution in [0.15, 0.2) is 30.3 Å². The zero-order valence-electron chi connectivity index (χ0n) is 8.30. The van der Waals surface area contributed by atoms with Gasteiger partial charge in [0, 0.05) is 5.56 Å². The second-order valence-electron chi connectivity index (χ2n) is 2.98. The molecular weight excluding hydrogens is 210 g/mol. The van der Waals surface area contributed by atoms with Crippen molar-refractivity contribution in [3.8, 4) is 16.5 Å². The summed E-state index contributed by atoms with van der Waals surface area (Å²) < 4.78 is 5.06. The lowest BCUT2D eigenvalue weighted by Gasteiger charge is -1.97. The topological polar surface area (TPSA) is 42.4 Å². The molecule has 2 rings (SSSR count). The molecule has 0 atom stereocenters. The number of aliphatic hydroxyl groups is 1. The third-order valence-corrected chi connectivity index (χ3v) is 3.04. The van der Waals surface area contributed by atoms with E-state index in [1.54, 1.807) is 7.11 Å². The second kappa shape index (κ2) is 4.42. The fourth-order valence-corrected chi connectivity index (χ4v) is 2.10. The number of hydrogen-bond donors (Lipinski definition) is 1. The zero-order chi connectivity index (χ0) is 10.7. The molecule has 0 amide bonds. The highest BCUT2D eigenvalue weighted by Gasteiger charge is 2.11. The SMILES string of the molecule is COc1nc(-c2ccccc2)c(CO)s1. The normalized spacial score (nSPS) is 10.3. The van der Waals surface area contributed by atoms with Crippen molar-refractivity contribution in [1.82, 2.24) is 4.98 Å². The Labute approximate surface area is 92.0 Å². The van der Waals surface area contributed by atoms with E-state index in [1.807, 2.05) is 30.3 Å². The minimum atomic E-state index is -0.00868. The van der Waals surface area contributed by atoms with Gasteiger partial charge in [0.15, 0.2) is 0 Å². The Balaban J connectivity index is 2.47. The van der Waals surface area contributed by atoms with Gasteiger partial charge < -0.3 is 9.84 Å². The quantitative estimate of drug-likeness (QED) is 0.864. The Morgan fingerprint density at radius 1 is 1.33 bits per heavy atom. The maximum absolute atomic E-state index is 9.20. The lowest BCUT2D eigenvalue weighted by Crippen LogP contribution is -1.85. The Morgan fingerprint density at radius 3 is 2.67 bits per heavy atom. The van der Waals surface area contributed by atoms with Gasteiger partial charge >= 0.3 is 0 Å². The summed E-state index contributed by atoms with van der Waals surface area (Å²) >= 11 is 1.37. The van der Waals surface area contributed by atoms with Crippen LogP contribution in [0.2, 0.25) is 0 Å². The Hall–Kier alpha value is -1.39. The molecule has 15 heavy (non-hydrogen) atoms. The first kappa shape index (κ1) is 10.1. The van der Waals surface area contributed by atoms with E-state index in [9.17, 15) is 5.11 Å². The maximum Gasteiger partial charge on any atom is 0.273 e. The van der Waals surface area contributed by atoms with Gasteiger partial charge in [-0.3, -0.25) is 0 Å². The smallest absolute Gasteiger partial charge is 0.273 e. The Kier molecular flexibility index (Phi) is 2.99. The summed E-state index contributed by atoms with van der Waals surface area (Å²) in [5.74, 6) is 0. The minimum absolute atomic E-state index is 0.00868. The highest BCUT2D eigenvalue weighted by Crippen LogP contribution is 2.31. The molecule has 0 saturated carbocycles. The van der Waals surface area contributed by atoms with Crippen LogP contribution in [-0.4, -0.2) is 17.2 Å². The highest BCUT2D eigenvalue weighted by molar-refractivity contribution is 7.13. The van der Waals surface area contributed by atoms with Crippen LogP contribution >= 0.6 is 11.3 Å². The van der Waals surface area contributed by atoms with Gasteiger partial charge in [0.1, 0.15) is 0 Å². The molecule has 0 bridgehead atoms. The van der Waals surface area contributed by atoms with E-state index in [0.717, 1.165) is 16.1 Å². The number of aliphatic hydroxyl groups excluding tert-OH is 1. The average molecular weight is 221 g/mol. The monoisotopic (exact) mass is 221 g/mol. The summed E-state index contributed by atoms with van der Waals surface area (Å²) in [5.41, 5.74) is 1.81. The van der Waals surface area contributed by atoms with Crippen LogP contribution in [0.25, 0.3) is 11.3 Å². The summed E-state index contributed by atoms with van der Waals surface area (Å²) in [5, 5.41) is 9.78. The van der Waals surface area contributed by atoms with Crippen molar-refractivity contribution in [2.45, 2.75) is 6.61 Å². The molecule has 0 fully saturated rings. The molecule has 0 radical (unpaired) electrons. The van der Waals surface area contributed by atoms with E-state index in [0.29, 0.717) is 5.19 Å². The Bertz CT molecular complexity index is 439. The predicted octanol–water partition coefficient (Wildman–Crippen LogP) is 2.31. The molecule has 1 aromatic heterocycles. The molecular formula is C11H11NO2S. The van der Waals surface area contributed by atoms with Crippen LogP contribution in [0.1, 0.15) is 4.88 Å². The third-order valence-electron chi connectivity index (χ3n) is 2.04. The first-order chi connectivity index (χ1) is 7.35. The number of ether oxygens (including phenoxy) is 1. The van der Waals surface area contributed by atoms with Crippen LogP contribution in [0.3, 0.4) is 0 Å². The van der Waals surface area contributed by atoms with E-state index in [4.69, 9.17) is 4.74 Å². The van der Waals surface area contributed by atoms with E-state index >= 15 is 0 Å². The van der Waals surface area contributed by atoms with Gasteiger partial charge in [-0.1, -0.05) is 41.7 Å². The van der Waals surface area contributed by atoms with Gasteiger partial charge in [-0.25, -0.2) is 4.98 Å². The summed E-state index contributed by atoms with van der Waals surface area (Å²) in [7, 11) is 1.58.